The Morgan fingerprint density at radius 3 is 2.95 bits per heavy atom. The van der Waals surface area contributed by atoms with Crippen molar-refractivity contribution in [1.82, 2.24) is 9.55 Å². The van der Waals surface area contributed by atoms with Gasteiger partial charge in [0.1, 0.15) is 5.52 Å². The first-order chi connectivity index (χ1) is 10.1. The number of hydrogen-bond donors (Lipinski definition) is 1. The van der Waals surface area contributed by atoms with Crippen molar-refractivity contribution in [2.24, 2.45) is 7.05 Å². The van der Waals surface area contributed by atoms with Crippen LogP contribution >= 0.6 is 22.9 Å². The van der Waals surface area contributed by atoms with Gasteiger partial charge in [-0.25, -0.2) is 4.98 Å². The Balaban J connectivity index is 1.99. The first-order valence-electron chi connectivity index (χ1n) is 6.06. The summed E-state index contributed by atoms with van der Waals surface area (Å²) in [5.74, 6) is -0.393. The van der Waals surface area contributed by atoms with E-state index in [1.54, 1.807) is 30.9 Å². The molecule has 0 atom stereocenters. The minimum absolute atomic E-state index is 0.249. The second-order valence-corrected chi connectivity index (χ2v) is 5.73. The fourth-order valence-electron chi connectivity index (χ4n) is 1.90. The maximum absolute atomic E-state index is 12.3. The van der Waals surface area contributed by atoms with E-state index < -0.39 is 5.91 Å². The molecule has 0 saturated carbocycles. The Hall–Kier alpha value is -2.18. The molecule has 0 fully saturated rings. The predicted molar refractivity (Wildman–Crippen MR) is 84.3 cm³/mol. The molecule has 0 radical (unpaired) electrons. The maximum atomic E-state index is 12.3. The number of carbonyl (C=O) groups is 1. The number of amides is 1. The molecule has 1 aromatic carbocycles. The van der Waals surface area contributed by atoms with Crippen LogP contribution in [-0.2, 0) is 7.05 Å². The molecule has 21 heavy (non-hydrogen) atoms. The summed E-state index contributed by atoms with van der Waals surface area (Å²) >= 11 is 7.60. The summed E-state index contributed by atoms with van der Waals surface area (Å²) in [6.45, 7) is 0. The topological polar surface area (TPSA) is 64.0 Å². The van der Waals surface area contributed by atoms with Gasteiger partial charge in [0, 0.05) is 24.9 Å². The highest BCUT2D eigenvalue weighted by Gasteiger charge is 2.13. The smallest absolute Gasteiger partial charge is 0.256 e. The van der Waals surface area contributed by atoms with Crippen LogP contribution in [0.15, 0.2) is 40.8 Å². The van der Waals surface area contributed by atoms with Crippen LogP contribution in [0.25, 0.3) is 10.2 Å². The summed E-state index contributed by atoms with van der Waals surface area (Å²) in [5.41, 5.74) is 2.82. The highest BCUT2D eigenvalue weighted by atomic mass is 35.5. The number of aryl methyl sites for hydroxylation is 1. The largest absolute Gasteiger partial charge is 0.319 e. The first-order valence-corrected chi connectivity index (χ1v) is 7.32. The Kier molecular flexibility index (Phi) is 3.48. The second kappa shape index (κ2) is 5.31. The van der Waals surface area contributed by atoms with E-state index in [4.69, 9.17) is 11.6 Å². The van der Waals surface area contributed by atoms with Crippen molar-refractivity contribution in [2.75, 3.05) is 5.32 Å². The van der Waals surface area contributed by atoms with Gasteiger partial charge in [-0.1, -0.05) is 11.6 Å². The summed E-state index contributed by atoms with van der Waals surface area (Å²) in [6.07, 6.45) is 1.54. The zero-order valence-electron chi connectivity index (χ0n) is 11.0. The van der Waals surface area contributed by atoms with Crippen molar-refractivity contribution in [2.45, 2.75) is 0 Å². The van der Waals surface area contributed by atoms with Gasteiger partial charge in [-0.2, -0.15) is 0 Å². The molecule has 0 saturated heterocycles. The van der Waals surface area contributed by atoms with Crippen molar-refractivity contribution in [3.63, 3.8) is 0 Å². The van der Waals surface area contributed by atoms with Gasteiger partial charge >= 0.3 is 0 Å². The van der Waals surface area contributed by atoms with Gasteiger partial charge in [0.15, 0.2) is 0 Å². The molecule has 1 amide bonds. The molecule has 0 aliphatic heterocycles. The number of halogens is 1. The molecule has 5 nitrogen and oxygen atoms in total. The van der Waals surface area contributed by atoms with E-state index in [0.717, 1.165) is 4.70 Å². The lowest BCUT2D eigenvalue weighted by molar-refractivity contribution is 0.102. The molecule has 0 spiro atoms. The molecule has 0 bridgehead atoms. The number of carbonyl (C=O) groups excluding carboxylic acids is 1. The minimum atomic E-state index is -0.393. The minimum Gasteiger partial charge on any atom is -0.319 e. The monoisotopic (exact) mass is 319 g/mol. The maximum Gasteiger partial charge on any atom is 0.256 e. The fraction of sp³-hybridized carbons (Fsp3) is 0.0714. The number of fused-ring (bicyclic) bond motifs is 1. The van der Waals surface area contributed by atoms with E-state index in [1.165, 1.54) is 22.0 Å². The van der Waals surface area contributed by atoms with Crippen molar-refractivity contribution in [3.05, 3.63) is 56.9 Å². The van der Waals surface area contributed by atoms with Crippen molar-refractivity contribution >= 4 is 44.7 Å². The number of hydrogen-bond acceptors (Lipinski definition) is 4. The van der Waals surface area contributed by atoms with Crippen LogP contribution in [-0.4, -0.2) is 15.5 Å². The van der Waals surface area contributed by atoms with Gasteiger partial charge in [-0.3, -0.25) is 9.59 Å². The molecular weight excluding hydrogens is 310 g/mol. The molecule has 106 valence electrons. The standard InChI is InChI=1S/C14H10ClN3O2S/c1-18-5-4-8(6-11(18)19)14(20)17-12-9(15)2-3-10-13(12)16-7-21-10/h2-7H,1H3,(H,17,20). The third-order valence-electron chi connectivity index (χ3n) is 3.06. The number of thiazole rings is 1. The normalized spacial score (nSPS) is 10.8. The number of nitrogens with zero attached hydrogens (tertiary/aromatic N) is 2. The molecule has 7 heteroatoms. The average molecular weight is 320 g/mol. The zero-order valence-corrected chi connectivity index (χ0v) is 12.5. The Labute approximate surface area is 128 Å². The Bertz CT molecular complexity index is 901. The summed E-state index contributed by atoms with van der Waals surface area (Å²) in [5, 5.41) is 3.14. The molecular formula is C14H10ClN3O2S. The number of benzene rings is 1. The molecule has 1 N–H and O–H groups in total. The first kappa shape index (κ1) is 13.8. The van der Waals surface area contributed by atoms with E-state index in [-0.39, 0.29) is 11.1 Å². The SMILES string of the molecule is Cn1ccc(C(=O)Nc2c(Cl)ccc3scnc23)cc1=O. The summed E-state index contributed by atoms with van der Waals surface area (Å²) in [4.78, 5) is 28.0. The zero-order chi connectivity index (χ0) is 15.0. The number of pyridine rings is 1. The van der Waals surface area contributed by atoms with Crippen LogP contribution < -0.4 is 10.9 Å². The van der Waals surface area contributed by atoms with Crippen LogP contribution in [0.4, 0.5) is 5.69 Å². The summed E-state index contributed by atoms with van der Waals surface area (Å²) in [7, 11) is 1.62. The van der Waals surface area contributed by atoms with Crippen molar-refractivity contribution in [3.8, 4) is 0 Å². The van der Waals surface area contributed by atoms with Gasteiger partial charge in [0.05, 0.1) is 20.9 Å². The van der Waals surface area contributed by atoms with Crippen LogP contribution in [0, 0.1) is 0 Å². The number of aromatic nitrogens is 2. The van der Waals surface area contributed by atoms with Gasteiger partial charge in [-0.05, 0) is 18.2 Å². The third kappa shape index (κ3) is 2.55. The van der Waals surface area contributed by atoms with Gasteiger partial charge < -0.3 is 9.88 Å². The molecule has 0 aliphatic rings. The van der Waals surface area contributed by atoms with E-state index >= 15 is 0 Å². The van der Waals surface area contributed by atoms with Crippen molar-refractivity contribution < 1.29 is 4.79 Å². The van der Waals surface area contributed by atoms with Crippen LogP contribution in [0.2, 0.25) is 5.02 Å². The molecule has 0 unspecified atom stereocenters. The average Bonchev–Trinajstić information content (AvgIpc) is 2.93. The molecule has 3 aromatic rings. The highest BCUT2D eigenvalue weighted by molar-refractivity contribution is 7.16. The van der Waals surface area contributed by atoms with Crippen LogP contribution in [0.5, 0.6) is 0 Å². The lowest BCUT2D eigenvalue weighted by Gasteiger charge is -2.08. The summed E-state index contributed by atoms with van der Waals surface area (Å²) in [6, 6.07) is 6.42. The molecule has 3 rings (SSSR count). The predicted octanol–water partition coefficient (Wildman–Crippen LogP) is 2.90. The van der Waals surface area contributed by atoms with Gasteiger partial charge in [0.2, 0.25) is 0 Å². The third-order valence-corrected chi connectivity index (χ3v) is 4.17. The molecule has 0 aliphatic carbocycles. The van der Waals surface area contributed by atoms with Gasteiger partial charge in [0.25, 0.3) is 11.5 Å². The van der Waals surface area contributed by atoms with Crippen LogP contribution in [0.3, 0.4) is 0 Å². The second-order valence-electron chi connectivity index (χ2n) is 4.44. The molecule has 2 heterocycles. The van der Waals surface area contributed by atoms with Crippen LogP contribution in [0.1, 0.15) is 10.4 Å². The molecule has 2 aromatic heterocycles. The number of nitrogens with one attached hydrogen (secondary N) is 1. The fourth-order valence-corrected chi connectivity index (χ4v) is 2.79. The lowest BCUT2D eigenvalue weighted by atomic mass is 10.2. The quantitative estimate of drug-likeness (QED) is 0.790. The van der Waals surface area contributed by atoms with E-state index in [9.17, 15) is 9.59 Å². The number of anilines is 1. The van der Waals surface area contributed by atoms with Gasteiger partial charge in [-0.15, -0.1) is 11.3 Å². The number of rotatable bonds is 2. The van der Waals surface area contributed by atoms with E-state index in [0.29, 0.717) is 16.2 Å². The Morgan fingerprint density at radius 2 is 2.19 bits per heavy atom. The van der Waals surface area contributed by atoms with E-state index in [1.807, 2.05) is 6.07 Å². The summed E-state index contributed by atoms with van der Waals surface area (Å²) < 4.78 is 2.32. The van der Waals surface area contributed by atoms with E-state index in [2.05, 4.69) is 10.3 Å². The lowest BCUT2D eigenvalue weighted by Crippen LogP contribution is -2.20. The Morgan fingerprint density at radius 1 is 1.38 bits per heavy atom. The highest BCUT2D eigenvalue weighted by Crippen LogP contribution is 2.32. The van der Waals surface area contributed by atoms with Crippen molar-refractivity contribution in [1.29, 1.82) is 0 Å².